The lowest BCUT2D eigenvalue weighted by Gasteiger charge is -2.37. The Kier molecular flexibility index (Phi) is 2.81. The molecule has 0 aliphatic carbocycles. The number of halogens is 1. The maximum absolute atomic E-state index is 11.0. The van der Waals surface area contributed by atoms with Crippen molar-refractivity contribution in [2.45, 2.75) is 12.1 Å². The lowest BCUT2D eigenvalue weighted by atomic mass is 9.83. The highest BCUT2D eigenvalue weighted by Gasteiger charge is 2.40. The van der Waals surface area contributed by atoms with E-state index in [-0.39, 0.29) is 0 Å². The van der Waals surface area contributed by atoms with Gasteiger partial charge in [-0.3, -0.25) is 4.90 Å². The molecule has 2 heterocycles. The monoisotopic (exact) mass is 307 g/mol. The molecule has 1 unspecified atom stereocenters. The van der Waals surface area contributed by atoms with Crippen molar-refractivity contribution in [3.05, 3.63) is 58.0 Å². The molecular weight excluding hydrogens is 294 g/mol. The summed E-state index contributed by atoms with van der Waals surface area (Å²) >= 11 is 3.41. The largest absolute Gasteiger partial charge is 0.468 e. The molecule has 1 aliphatic rings. The van der Waals surface area contributed by atoms with Gasteiger partial charge in [0, 0.05) is 16.6 Å². The van der Waals surface area contributed by atoms with E-state index in [1.807, 2.05) is 37.4 Å². The fourth-order valence-electron chi connectivity index (χ4n) is 2.58. The van der Waals surface area contributed by atoms with Gasteiger partial charge in [0.15, 0.2) is 0 Å². The number of likely N-dealkylation sites (N-methyl/N-ethyl adjacent to an activating group) is 1. The van der Waals surface area contributed by atoms with Crippen LogP contribution in [0.1, 0.15) is 16.9 Å². The van der Waals surface area contributed by atoms with Crippen LogP contribution >= 0.6 is 15.9 Å². The predicted molar refractivity (Wildman–Crippen MR) is 72.2 cm³/mol. The zero-order valence-corrected chi connectivity index (χ0v) is 11.6. The molecule has 3 rings (SSSR count). The number of benzene rings is 1. The van der Waals surface area contributed by atoms with Crippen molar-refractivity contribution < 1.29 is 9.52 Å². The normalized spacial score (nSPS) is 23.9. The van der Waals surface area contributed by atoms with Crippen molar-refractivity contribution in [1.82, 2.24) is 4.90 Å². The molecule has 1 N–H and O–H groups in total. The van der Waals surface area contributed by atoms with Crippen LogP contribution in [0.5, 0.6) is 0 Å². The summed E-state index contributed by atoms with van der Waals surface area (Å²) in [4.78, 5) is 2.06. The van der Waals surface area contributed by atoms with Gasteiger partial charge in [-0.15, -0.1) is 0 Å². The number of rotatable bonds is 1. The molecule has 1 aromatic carbocycles. The molecule has 0 saturated heterocycles. The second-order valence-corrected chi connectivity index (χ2v) is 5.71. The second-order valence-electron chi connectivity index (χ2n) is 4.80. The molecule has 4 heteroatoms. The van der Waals surface area contributed by atoms with E-state index in [2.05, 4.69) is 20.8 Å². The first kappa shape index (κ1) is 12.0. The maximum Gasteiger partial charge on any atom is 0.131 e. The summed E-state index contributed by atoms with van der Waals surface area (Å²) in [7, 11) is 1.98. The Balaban J connectivity index is 2.12. The number of β-amino-alcohol motifs (C(OH)–C–C–N with tert-alkyl or cyclic N) is 1. The molecule has 1 aliphatic heterocycles. The van der Waals surface area contributed by atoms with E-state index in [0.29, 0.717) is 6.54 Å². The molecule has 1 aromatic heterocycles. The predicted octanol–water partition coefficient (Wildman–Crippen LogP) is 2.72. The van der Waals surface area contributed by atoms with Gasteiger partial charge in [-0.2, -0.15) is 0 Å². The summed E-state index contributed by atoms with van der Waals surface area (Å²) < 4.78 is 6.46. The highest BCUT2D eigenvalue weighted by atomic mass is 79.9. The molecule has 0 fully saturated rings. The number of aliphatic hydroxyl groups is 1. The van der Waals surface area contributed by atoms with Gasteiger partial charge in [-0.1, -0.05) is 28.1 Å². The Morgan fingerprint density at radius 2 is 2.00 bits per heavy atom. The lowest BCUT2D eigenvalue weighted by Crippen LogP contribution is -2.44. The van der Waals surface area contributed by atoms with Crippen LogP contribution in [-0.4, -0.2) is 23.6 Å². The first-order valence-corrected chi connectivity index (χ1v) is 6.63. The first-order valence-electron chi connectivity index (χ1n) is 5.83. The topological polar surface area (TPSA) is 36.6 Å². The summed E-state index contributed by atoms with van der Waals surface area (Å²) in [5.74, 6) is 0.842. The zero-order valence-electron chi connectivity index (χ0n) is 10.1. The van der Waals surface area contributed by atoms with Crippen LogP contribution in [0.3, 0.4) is 0 Å². The van der Waals surface area contributed by atoms with Crippen LogP contribution in [0.15, 0.2) is 45.5 Å². The Labute approximate surface area is 114 Å². The Hall–Kier alpha value is -1.10. The van der Waals surface area contributed by atoms with Gasteiger partial charge < -0.3 is 9.52 Å². The SMILES string of the molecule is CN1Cc2occc2C(O)(c2ccc(Br)cc2)C1. The minimum Gasteiger partial charge on any atom is -0.468 e. The number of furan rings is 1. The standard InChI is InChI=1S/C14H14BrNO2/c1-16-8-13-12(6-7-18-13)14(17,9-16)10-2-4-11(15)5-3-10/h2-7,17H,8-9H2,1H3. The average Bonchev–Trinajstić information content (AvgIpc) is 2.78. The Morgan fingerprint density at radius 1 is 1.28 bits per heavy atom. The summed E-state index contributed by atoms with van der Waals surface area (Å²) in [5.41, 5.74) is 0.776. The zero-order chi connectivity index (χ0) is 12.8. The minimum absolute atomic E-state index is 0.571. The van der Waals surface area contributed by atoms with E-state index in [4.69, 9.17) is 4.42 Å². The van der Waals surface area contributed by atoms with Gasteiger partial charge in [0.2, 0.25) is 0 Å². The second kappa shape index (κ2) is 4.23. The summed E-state index contributed by atoms with van der Waals surface area (Å²) in [6, 6.07) is 9.65. The maximum atomic E-state index is 11.0. The van der Waals surface area contributed by atoms with E-state index >= 15 is 0 Å². The highest BCUT2D eigenvalue weighted by molar-refractivity contribution is 9.10. The fraction of sp³-hybridized carbons (Fsp3) is 0.286. The molecule has 0 bridgehead atoms. The van der Waals surface area contributed by atoms with Crippen LogP contribution in [0.4, 0.5) is 0 Å². The third kappa shape index (κ3) is 1.81. The molecule has 0 saturated carbocycles. The van der Waals surface area contributed by atoms with Crippen molar-refractivity contribution in [3.63, 3.8) is 0 Å². The third-order valence-electron chi connectivity index (χ3n) is 3.43. The lowest BCUT2D eigenvalue weighted by molar-refractivity contribution is 0.0234. The highest BCUT2D eigenvalue weighted by Crippen LogP contribution is 2.37. The molecule has 94 valence electrons. The van der Waals surface area contributed by atoms with Gasteiger partial charge in [-0.25, -0.2) is 0 Å². The Morgan fingerprint density at radius 3 is 2.72 bits per heavy atom. The van der Waals surface area contributed by atoms with E-state index < -0.39 is 5.60 Å². The van der Waals surface area contributed by atoms with Gasteiger partial charge in [0.25, 0.3) is 0 Å². The fourth-order valence-corrected chi connectivity index (χ4v) is 2.85. The summed E-state index contributed by atoms with van der Waals surface area (Å²) in [6.07, 6.45) is 1.65. The molecule has 0 radical (unpaired) electrons. The van der Waals surface area contributed by atoms with Crippen LogP contribution in [0.25, 0.3) is 0 Å². The number of hydrogen-bond donors (Lipinski definition) is 1. The van der Waals surface area contributed by atoms with Crippen molar-refractivity contribution in [2.24, 2.45) is 0 Å². The van der Waals surface area contributed by atoms with Crippen molar-refractivity contribution in [3.8, 4) is 0 Å². The summed E-state index contributed by atoms with van der Waals surface area (Å²) in [5, 5.41) is 11.0. The van der Waals surface area contributed by atoms with E-state index in [1.54, 1.807) is 6.26 Å². The first-order chi connectivity index (χ1) is 8.59. The van der Waals surface area contributed by atoms with E-state index in [0.717, 1.165) is 27.9 Å². The van der Waals surface area contributed by atoms with Crippen molar-refractivity contribution in [2.75, 3.05) is 13.6 Å². The van der Waals surface area contributed by atoms with Crippen LogP contribution in [0, 0.1) is 0 Å². The molecular formula is C14H14BrNO2. The van der Waals surface area contributed by atoms with E-state index in [9.17, 15) is 5.11 Å². The molecule has 18 heavy (non-hydrogen) atoms. The van der Waals surface area contributed by atoms with Crippen LogP contribution in [-0.2, 0) is 12.1 Å². The molecule has 3 nitrogen and oxygen atoms in total. The molecule has 0 spiro atoms. The van der Waals surface area contributed by atoms with Crippen LogP contribution < -0.4 is 0 Å². The quantitative estimate of drug-likeness (QED) is 0.880. The average molecular weight is 308 g/mol. The smallest absolute Gasteiger partial charge is 0.131 e. The summed E-state index contributed by atoms with van der Waals surface area (Å²) in [6.45, 7) is 1.31. The molecule has 1 atom stereocenters. The van der Waals surface area contributed by atoms with Gasteiger partial charge >= 0.3 is 0 Å². The molecule has 0 amide bonds. The Bertz CT molecular complexity index is 563. The number of fused-ring (bicyclic) bond motifs is 1. The third-order valence-corrected chi connectivity index (χ3v) is 3.95. The van der Waals surface area contributed by atoms with Gasteiger partial charge in [-0.05, 0) is 30.8 Å². The number of nitrogens with zero attached hydrogens (tertiary/aromatic N) is 1. The van der Waals surface area contributed by atoms with Gasteiger partial charge in [0.1, 0.15) is 11.4 Å². The van der Waals surface area contributed by atoms with Gasteiger partial charge in [0.05, 0.1) is 12.8 Å². The van der Waals surface area contributed by atoms with Crippen molar-refractivity contribution >= 4 is 15.9 Å². The van der Waals surface area contributed by atoms with Crippen molar-refractivity contribution in [1.29, 1.82) is 0 Å². The van der Waals surface area contributed by atoms with E-state index in [1.165, 1.54) is 0 Å². The molecule has 2 aromatic rings. The van der Waals surface area contributed by atoms with Crippen LogP contribution in [0.2, 0.25) is 0 Å². The number of hydrogen-bond acceptors (Lipinski definition) is 3. The minimum atomic E-state index is -0.990.